The third-order valence-corrected chi connectivity index (χ3v) is 5.71. The summed E-state index contributed by atoms with van der Waals surface area (Å²) in [6.07, 6.45) is -2.07. The van der Waals surface area contributed by atoms with Crippen molar-refractivity contribution in [3.63, 3.8) is 0 Å². The number of ether oxygens (including phenoxy) is 1. The molecular formula is C22H22F3N3O2. The molecule has 1 heterocycles. The van der Waals surface area contributed by atoms with Crippen LogP contribution in [0.25, 0.3) is 0 Å². The van der Waals surface area contributed by atoms with Gasteiger partial charge >= 0.3 is 6.18 Å². The average Bonchev–Trinajstić information content (AvgIpc) is 2.69. The summed E-state index contributed by atoms with van der Waals surface area (Å²) in [5, 5.41) is 12.0. The van der Waals surface area contributed by atoms with Crippen LogP contribution in [0.5, 0.6) is 5.75 Å². The fourth-order valence-corrected chi connectivity index (χ4v) is 4.58. The van der Waals surface area contributed by atoms with Gasteiger partial charge in [0, 0.05) is 29.3 Å². The number of aromatic nitrogens is 1. The number of hydrogen-bond donors (Lipinski definition) is 1. The van der Waals surface area contributed by atoms with Gasteiger partial charge in [0.1, 0.15) is 11.9 Å². The minimum absolute atomic E-state index is 0.0320. The van der Waals surface area contributed by atoms with E-state index in [1.807, 2.05) is 27.7 Å². The molecule has 0 bridgehead atoms. The van der Waals surface area contributed by atoms with Crippen LogP contribution >= 0.6 is 0 Å². The number of nitrogens with one attached hydrogen (secondary N) is 1. The summed E-state index contributed by atoms with van der Waals surface area (Å²) in [5.41, 5.74) is -2.15. The summed E-state index contributed by atoms with van der Waals surface area (Å²) in [5.74, 6) is -0.241. The van der Waals surface area contributed by atoms with E-state index in [1.165, 1.54) is 12.3 Å². The molecule has 3 rings (SSSR count). The lowest BCUT2D eigenvalue weighted by atomic mass is 9.49. The van der Waals surface area contributed by atoms with Gasteiger partial charge in [-0.2, -0.15) is 18.4 Å². The second kappa shape index (κ2) is 7.31. The largest absolute Gasteiger partial charge is 0.489 e. The lowest BCUT2D eigenvalue weighted by molar-refractivity contribution is -0.164. The van der Waals surface area contributed by atoms with Crippen molar-refractivity contribution < 1.29 is 22.7 Å². The molecule has 0 atom stereocenters. The Bertz CT molecular complexity index is 979. The van der Waals surface area contributed by atoms with E-state index in [2.05, 4.69) is 10.3 Å². The minimum atomic E-state index is -4.66. The Balaban J connectivity index is 1.82. The highest BCUT2D eigenvalue weighted by Crippen LogP contribution is 2.55. The number of amides is 1. The molecule has 1 fully saturated rings. The molecule has 8 heteroatoms. The van der Waals surface area contributed by atoms with Crippen LogP contribution in [-0.2, 0) is 6.18 Å². The van der Waals surface area contributed by atoms with E-state index in [9.17, 15) is 18.0 Å². The maximum atomic E-state index is 13.3. The number of rotatable bonds is 4. The van der Waals surface area contributed by atoms with Crippen LogP contribution in [0.15, 0.2) is 42.7 Å². The number of nitrogens with zero attached hydrogens (tertiary/aromatic N) is 2. The van der Waals surface area contributed by atoms with Gasteiger partial charge in [-0.1, -0.05) is 27.7 Å². The molecule has 1 aliphatic carbocycles. The Hall–Kier alpha value is -3.08. The van der Waals surface area contributed by atoms with Crippen LogP contribution in [0, 0.1) is 22.2 Å². The molecule has 30 heavy (non-hydrogen) atoms. The van der Waals surface area contributed by atoms with Gasteiger partial charge in [0.2, 0.25) is 0 Å². The second-order valence-corrected chi connectivity index (χ2v) is 8.61. The average molecular weight is 417 g/mol. The highest BCUT2D eigenvalue weighted by atomic mass is 19.4. The van der Waals surface area contributed by atoms with E-state index < -0.39 is 34.2 Å². The van der Waals surface area contributed by atoms with Crippen LogP contribution in [0.4, 0.5) is 13.2 Å². The Labute approximate surface area is 172 Å². The molecule has 0 radical (unpaired) electrons. The Morgan fingerprint density at radius 1 is 1.20 bits per heavy atom. The van der Waals surface area contributed by atoms with E-state index in [1.54, 1.807) is 24.4 Å². The van der Waals surface area contributed by atoms with Gasteiger partial charge < -0.3 is 10.1 Å². The Morgan fingerprint density at radius 3 is 2.40 bits per heavy atom. The number of carbonyl (C=O) groups is 1. The molecule has 0 aliphatic heterocycles. The maximum absolute atomic E-state index is 13.3. The van der Waals surface area contributed by atoms with Crippen LogP contribution in [0.1, 0.15) is 49.2 Å². The summed E-state index contributed by atoms with van der Waals surface area (Å²) in [4.78, 5) is 16.5. The zero-order valence-corrected chi connectivity index (χ0v) is 17.0. The molecule has 1 aliphatic rings. The topological polar surface area (TPSA) is 75.0 Å². The first kappa shape index (κ1) is 21.6. The van der Waals surface area contributed by atoms with Crippen molar-refractivity contribution >= 4 is 5.91 Å². The van der Waals surface area contributed by atoms with Gasteiger partial charge in [0.05, 0.1) is 22.8 Å². The summed E-state index contributed by atoms with van der Waals surface area (Å²) in [6.45, 7) is 7.58. The number of alkyl halides is 3. The number of benzene rings is 1. The van der Waals surface area contributed by atoms with E-state index in [0.717, 1.165) is 12.1 Å². The molecule has 5 nitrogen and oxygen atoms in total. The van der Waals surface area contributed by atoms with Crippen molar-refractivity contribution in [2.24, 2.45) is 10.8 Å². The first-order valence-corrected chi connectivity index (χ1v) is 9.38. The van der Waals surface area contributed by atoms with Crippen molar-refractivity contribution in [2.45, 2.75) is 46.0 Å². The van der Waals surface area contributed by atoms with Gasteiger partial charge in [-0.05, 0) is 30.3 Å². The molecule has 0 spiro atoms. The van der Waals surface area contributed by atoms with Crippen molar-refractivity contribution in [1.29, 1.82) is 5.26 Å². The number of halogens is 3. The predicted octanol–water partition coefficient (Wildman–Crippen LogP) is 4.58. The molecule has 0 unspecified atom stereocenters. The lowest BCUT2D eigenvalue weighted by Gasteiger charge is -2.63. The highest BCUT2D eigenvalue weighted by molar-refractivity contribution is 5.94. The summed E-state index contributed by atoms with van der Waals surface area (Å²) in [7, 11) is 0. The molecule has 2 aromatic rings. The quantitative estimate of drug-likeness (QED) is 0.790. The summed E-state index contributed by atoms with van der Waals surface area (Å²) < 4.78 is 45.7. The maximum Gasteiger partial charge on any atom is 0.417 e. The molecule has 1 amide bonds. The zero-order valence-electron chi connectivity index (χ0n) is 17.0. The Morgan fingerprint density at radius 2 is 1.87 bits per heavy atom. The third kappa shape index (κ3) is 3.72. The van der Waals surface area contributed by atoms with Crippen LogP contribution in [0.3, 0.4) is 0 Å². The lowest BCUT2D eigenvalue weighted by Crippen LogP contribution is -2.74. The van der Waals surface area contributed by atoms with Gasteiger partial charge in [0.15, 0.2) is 0 Å². The van der Waals surface area contributed by atoms with Crippen LogP contribution in [0.2, 0.25) is 0 Å². The molecular weight excluding hydrogens is 395 g/mol. The van der Waals surface area contributed by atoms with Gasteiger partial charge in [0.25, 0.3) is 5.91 Å². The molecule has 1 N–H and O–H groups in total. The van der Waals surface area contributed by atoms with Crippen molar-refractivity contribution in [3.8, 4) is 11.8 Å². The van der Waals surface area contributed by atoms with Crippen molar-refractivity contribution in [2.75, 3.05) is 0 Å². The van der Waals surface area contributed by atoms with Crippen LogP contribution in [-0.4, -0.2) is 23.0 Å². The summed E-state index contributed by atoms with van der Waals surface area (Å²) >= 11 is 0. The van der Waals surface area contributed by atoms with E-state index in [4.69, 9.17) is 10.00 Å². The normalized spacial score (nSPS) is 21.8. The van der Waals surface area contributed by atoms with Crippen molar-refractivity contribution in [3.05, 3.63) is 59.4 Å². The number of pyridine rings is 1. The monoisotopic (exact) mass is 417 g/mol. The van der Waals surface area contributed by atoms with E-state index in [-0.39, 0.29) is 17.7 Å². The van der Waals surface area contributed by atoms with Gasteiger partial charge in [-0.15, -0.1) is 0 Å². The first-order chi connectivity index (χ1) is 13.9. The van der Waals surface area contributed by atoms with Gasteiger partial charge in [-0.25, -0.2) is 0 Å². The fourth-order valence-electron chi connectivity index (χ4n) is 4.58. The first-order valence-electron chi connectivity index (χ1n) is 9.38. The summed E-state index contributed by atoms with van der Waals surface area (Å²) in [6, 6.07) is 7.93. The molecule has 1 saturated carbocycles. The second-order valence-electron chi connectivity index (χ2n) is 8.61. The number of nitriles is 1. The molecule has 1 aromatic heterocycles. The van der Waals surface area contributed by atoms with Gasteiger partial charge in [-0.3, -0.25) is 9.78 Å². The third-order valence-electron chi connectivity index (χ3n) is 5.71. The molecule has 0 saturated heterocycles. The van der Waals surface area contributed by atoms with E-state index >= 15 is 0 Å². The van der Waals surface area contributed by atoms with Crippen molar-refractivity contribution in [1.82, 2.24) is 10.3 Å². The smallest absolute Gasteiger partial charge is 0.417 e. The SMILES string of the molecule is CC1(C)C(NC(=O)c2cccnc2)C(C)(C)C1Oc1ccc(C#N)c(C(F)(F)F)c1. The number of hydrogen-bond acceptors (Lipinski definition) is 4. The fraction of sp³-hybridized carbons (Fsp3) is 0.409. The standard InChI is InChI=1S/C22H22F3N3O2/c1-20(2)18(28-17(29)14-6-5-9-27-12-14)21(3,4)19(20)30-15-8-7-13(11-26)16(10-15)22(23,24)25/h5-10,12,18-19H,1-4H3,(H,28,29). The highest BCUT2D eigenvalue weighted by Gasteiger charge is 2.64. The van der Waals surface area contributed by atoms with Crippen LogP contribution < -0.4 is 10.1 Å². The zero-order chi connectivity index (χ0) is 22.3. The Kier molecular flexibility index (Phi) is 5.27. The molecule has 158 valence electrons. The number of carbonyl (C=O) groups excluding carboxylic acids is 1. The predicted molar refractivity (Wildman–Crippen MR) is 104 cm³/mol. The van der Waals surface area contributed by atoms with E-state index in [0.29, 0.717) is 5.56 Å². The minimum Gasteiger partial charge on any atom is -0.489 e. The molecule has 1 aromatic carbocycles.